The summed E-state index contributed by atoms with van der Waals surface area (Å²) in [4.78, 5) is 2.18. The van der Waals surface area contributed by atoms with Crippen molar-refractivity contribution in [2.45, 2.75) is 45.4 Å². The highest BCUT2D eigenvalue weighted by atomic mass is 32.2. The van der Waals surface area contributed by atoms with E-state index in [0.29, 0.717) is 18.8 Å². The Morgan fingerprint density at radius 2 is 1.44 bits per heavy atom. The van der Waals surface area contributed by atoms with Gasteiger partial charge in [-0.15, -0.1) is 0 Å². The van der Waals surface area contributed by atoms with Gasteiger partial charge in [-0.05, 0) is 13.5 Å². The largest absolute Gasteiger partial charge is 0.304 e. The zero-order valence-electron chi connectivity index (χ0n) is 11.9. The molecule has 0 aromatic carbocycles. The van der Waals surface area contributed by atoms with Crippen molar-refractivity contribution < 1.29 is 8.42 Å². The second-order valence-electron chi connectivity index (χ2n) is 5.29. The summed E-state index contributed by atoms with van der Waals surface area (Å²) in [6.07, 6.45) is 6.79. The van der Waals surface area contributed by atoms with Crippen LogP contribution in [0.1, 0.15) is 45.4 Å². The maximum atomic E-state index is 12.1. The van der Waals surface area contributed by atoms with E-state index in [1.54, 1.807) is 4.31 Å². The van der Waals surface area contributed by atoms with Crippen LogP contribution in [0.25, 0.3) is 0 Å². The molecule has 1 rings (SSSR count). The summed E-state index contributed by atoms with van der Waals surface area (Å²) in [6.45, 7) is 5.23. The molecule has 0 unspecified atom stereocenters. The van der Waals surface area contributed by atoms with Gasteiger partial charge in [-0.2, -0.15) is 4.31 Å². The molecule has 1 heterocycles. The SMILES string of the molecule is CCCCCCCCS(=O)(=O)N1CCN(C)CC1. The van der Waals surface area contributed by atoms with Crippen molar-refractivity contribution in [1.29, 1.82) is 0 Å². The van der Waals surface area contributed by atoms with Crippen molar-refractivity contribution >= 4 is 10.0 Å². The molecule has 0 aliphatic carbocycles. The summed E-state index contributed by atoms with van der Waals surface area (Å²) in [5.41, 5.74) is 0. The molecule has 0 N–H and O–H groups in total. The zero-order chi connectivity index (χ0) is 13.4. The Balaban J connectivity index is 2.19. The number of piperazine rings is 1. The monoisotopic (exact) mass is 276 g/mol. The first-order chi connectivity index (χ1) is 8.56. The number of sulfonamides is 1. The van der Waals surface area contributed by atoms with Crippen LogP contribution in [0, 0.1) is 0 Å². The fourth-order valence-corrected chi connectivity index (χ4v) is 3.81. The number of likely N-dealkylation sites (N-methyl/N-ethyl adjacent to an activating group) is 1. The highest BCUT2D eigenvalue weighted by molar-refractivity contribution is 7.89. The lowest BCUT2D eigenvalue weighted by molar-refractivity contribution is 0.222. The van der Waals surface area contributed by atoms with Gasteiger partial charge in [-0.1, -0.05) is 39.0 Å². The van der Waals surface area contributed by atoms with Crippen molar-refractivity contribution in [2.24, 2.45) is 0 Å². The Bertz CT molecular complexity index is 309. The van der Waals surface area contributed by atoms with Crippen LogP contribution in [0.15, 0.2) is 0 Å². The molecule has 1 aliphatic heterocycles. The minimum absolute atomic E-state index is 0.336. The van der Waals surface area contributed by atoms with Gasteiger partial charge < -0.3 is 4.90 Å². The first kappa shape index (κ1) is 15.9. The van der Waals surface area contributed by atoms with Gasteiger partial charge in [0.05, 0.1) is 5.75 Å². The fraction of sp³-hybridized carbons (Fsp3) is 1.00. The molecule has 0 atom stereocenters. The second kappa shape index (κ2) is 8.12. The molecular weight excluding hydrogens is 248 g/mol. The molecule has 0 spiro atoms. The maximum Gasteiger partial charge on any atom is 0.214 e. The van der Waals surface area contributed by atoms with Crippen LogP contribution >= 0.6 is 0 Å². The van der Waals surface area contributed by atoms with Crippen molar-refractivity contribution in [3.05, 3.63) is 0 Å². The van der Waals surface area contributed by atoms with Crippen molar-refractivity contribution in [1.82, 2.24) is 9.21 Å². The molecule has 4 nitrogen and oxygen atoms in total. The van der Waals surface area contributed by atoms with Crippen LogP contribution in [-0.2, 0) is 10.0 Å². The number of unbranched alkanes of at least 4 members (excludes halogenated alkanes) is 5. The summed E-state index contributed by atoms with van der Waals surface area (Å²) >= 11 is 0. The molecule has 1 fully saturated rings. The second-order valence-corrected chi connectivity index (χ2v) is 7.37. The smallest absolute Gasteiger partial charge is 0.214 e. The van der Waals surface area contributed by atoms with E-state index < -0.39 is 10.0 Å². The van der Waals surface area contributed by atoms with E-state index in [2.05, 4.69) is 11.8 Å². The van der Waals surface area contributed by atoms with Crippen LogP contribution in [0.2, 0.25) is 0 Å². The quantitative estimate of drug-likeness (QED) is 0.636. The Morgan fingerprint density at radius 1 is 0.889 bits per heavy atom. The Labute approximate surface area is 112 Å². The molecular formula is C13H28N2O2S. The predicted molar refractivity (Wildman–Crippen MR) is 76.2 cm³/mol. The molecule has 1 aliphatic rings. The van der Waals surface area contributed by atoms with E-state index in [9.17, 15) is 8.42 Å². The molecule has 0 bridgehead atoms. The van der Waals surface area contributed by atoms with Gasteiger partial charge in [-0.25, -0.2) is 8.42 Å². The van der Waals surface area contributed by atoms with E-state index in [-0.39, 0.29) is 0 Å². The van der Waals surface area contributed by atoms with Crippen molar-refractivity contribution in [3.8, 4) is 0 Å². The zero-order valence-corrected chi connectivity index (χ0v) is 12.7. The standard InChI is InChI=1S/C13H28N2O2S/c1-3-4-5-6-7-8-13-18(16,17)15-11-9-14(2)10-12-15/h3-13H2,1-2H3. The normalized spacial score (nSPS) is 19.2. The first-order valence-corrected chi connectivity index (χ1v) is 8.83. The molecule has 0 saturated carbocycles. The van der Waals surface area contributed by atoms with Crippen LogP contribution in [-0.4, -0.2) is 56.6 Å². The van der Waals surface area contributed by atoms with Gasteiger partial charge in [0.25, 0.3) is 0 Å². The van der Waals surface area contributed by atoms with Crippen molar-refractivity contribution in [3.63, 3.8) is 0 Å². The average Bonchev–Trinajstić information content (AvgIpc) is 2.34. The first-order valence-electron chi connectivity index (χ1n) is 7.22. The van der Waals surface area contributed by atoms with E-state index >= 15 is 0 Å². The van der Waals surface area contributed by atoms with Crippen LogP contribution in [0.5, 0.6) is 0 Å². The fourth-order valence-electron chi connectivity index (χ4n) is 2.26. The topological polar surface area (TPSA) is 40.6 Å². The van der Waals surface area contributed by atoms with E-state index in [0.717, 1.165) is 25.9 Å². The van der Waals surface area contributed by atoms with Gasteiger partial charge >= 0.3 is 0 Å². The molecule has 0 radical (unpaired) electrons. The number of nitrogens with zero attached hydrogens (tertiary/aromatic N) is 2. The van der Waals surface area contributed by atoms with Gasteiger partial charge in [0, 0.05) is 26.2 Å². The van der Waals surface area contributed by atoms with Crippen LogP contribution in [0.3, 0.4) is 0 Å². The van der Waals surface area contributed by atoms with Gasteiger partial charge in [0.1, 0.15) is 0 Å². The Hall–Kier alpha value is -0.130. The third-order valence-corrected chi connectivity index (χ3v) is 5.57. The predicted octanol–water partition coefficient (Wildman–Crippen LogP) is 1.92. The van der Waals surface area contributed by atoms with Crippen LogP contribution < -0.4 is 0 Å². The van der Waals surface area contributed by atoms with Crippen molar-refractivity contribution in [2.75, 3.05) is 39.0 Å². The molecule has 18 heavy (non-hydrogen) atoms. The van der Waals surface area contributed by atoms with E-state index in [1.807, 2.05) is 7.05 Å². The van der Waals surface area contributed by atoms with Gasteiger partial charge in [0.2, 0.25) is 10.0 Å². The molecule has 0 amide bonds. The lowest BCUT2D eigenvalue weighted by atomic mass is 10.1. The van der Waals surface area contributed by atoms with Gasteiger partial charge in [-0.3, -0.25) is 0 Å². The number of hydrogen-bond donors (Lipinski definition) is 0. The highest BCUT2D eigenvalue weighted by Crippen LogP contribution is 2.11. The minimum Gasteiger partial charge on any atom is -0.304 e. The highest BCUT2D eigenvalue weighted by Gasteiger charge is 2.24. The summed E-state index contributed by atoms with van der Waals surface area (Å²) in [6, 6.07) is 0. The lowest BCUT2D eigenvalue weighted by Crippen LogP contribution is -2.47. The molecule has 0 aromatic heterocycles. The van der Waals surface area contributed by atoms with E-state index in [4.69, 9.17) is 0 Å². The molecule has 108 valence electrons. The lowest BCUT2D eigenvalue weighted by Gasteiger charge is -2.31. The number of hydrogen-bond acceptors (Lipinski definition) is 3. The third kappa shape index (κ3) is 5.67. The van der Waals surface area contributed by atoms with Gasteiger partial charge in [0.15, 0.2) is 0 Å². The molecule has 0 aromatic rings. The number of rotatable bonds is 8. The Morgan fingerprint density at radius 3 is 2.06 bits per heavy atom. The third-order valence-electron chi connectivity index (χ3n) is 3.61. The molecule has 5 heteroatoms. The average molecular weight is 276 g/mol. The summed E-state index contributed by atoms with van der Waals surface area (Å²) in [5.74, 6) is 0.336. The van der Waals surface area contributed by atoms with Crippen LogP contribution in [0.4, 0.5) is 0 Å². The summed E-state index contributed by atoms with van der Waals surface area (Å²) in [7, 11) is -0.953. The van der Waals surface area contributed by atoms with E-state index in [1.165, 1.54) is 25.7 Å². The Kier molecular flexibility index (Phi) is 7.19. The maximum absolute atomic E-state index is 12.1. The summed E-state index contributed by atoms with van der Waals surface area (Å²) < 4.78 is 25.8. The summed E-state index contributed by atoms with van der Waals surface area (Å²) in [5, 5.41) is 0. The molecule has 1 saturated heterocycles. The minimum atomic E-state index is -2.99.